The van der Waals surface area contributed by atoms with Gasteiger partial charge in [0.05, 0.1) is 29.6 Å². The van der Waals surface area contributed by atoms with Gasteiger partial charge in [-0.05, 0) is 44.0 Å². The molecule has 0 bridgehead atoms. The molecule has 0 aliphatic carbocycles. The van der Waals surface area contributed by atoms with E-state index in [0.29, 0.717) is 17.1 Å². The summed E-state index contributed by atoms with van der Waals surface area (Å²) in [4.78, 5) is 20.1. The summed E-state index contributed by atoms with van der Waals surface area (Å²) < 4.78 is 2.01. The van der Waals surface area contributed by atoms with Crippen molar-refractivity contribution in [3.8, 4) is 0 Å². The van der Waals surface area contributed by atoms with Crippen LogP contribution in [-0.2, 0) is 6.54 Å². The van der Waals surface area contributed by atoms with E-state index in [0.717, 1.165) is 16.0 Å². The minimum absolute atomic E-state index is 0.307. The lowest BCUT2D eigenvalue weighted by molar-refractivity contribution is 0.0701. The quantitative estimate of drug-likeness (QED) is 0.807. The number of hydrogen-bond acceptors (Lipinski definition) is 4. The largest absolute Gasteiger partial charge is 0.477 e. The van der Waals surface area contributed by atoms with Crippen LogP contribution < -0.4 is 0 Å². The number of fused-ring (bicyclic) bond motifs is 1. The lowest BCUT2D eigenvalue weighted by Crippen LogP contribution is -1.97. The molecule has 5 nitrogen and oxygen atoms in total. The maximum atomic E-state index is 11.1. The molecule has 2 heterocycles. The summed E-state index contributed by atoms with van der Waals surface area (Å²) >= 11 is 1.22. The highest BCUT2D eigenvalue weighted by Crippen LogP contribution is 2.22. The number of aromatic carboxylic acids is 1. The lowest BCUT2D eigenvalue weighted by atomic mass is 10.1. The van der Waals surface area contributed by atoms with Gasteiger partial charge >= 0.3 is 5.97 Å². The Labute approximate surface area is 125 Å². The van der Waals surface area contributed by atoms with Crippen LogP contribution >= 0.6 is 11.3 Å². The smallest absolute Gasteiger partial charge is 0.347 e. The fourth-order valence-corrected chi connectivity index (χ4v) is 3.21. The topological polar surface area (TPSA) is 68.0 Å². The highest BCUT2D eigenvalue weighted by atomic mass is 32.1. The van der Waals surface area contributed by atoms with Gasteiger partial charge < -0.3 is 9.67 Å². The molecule has 0 aliphatic rings. The Kier molecular flexibility index (Phi) is 3.25. The second kappa shape index (κ2) is 4.96. The summed E-state index contributed by atoms with van der Waals surface area (Å²) in [5.41, 5.74) is 4.99. The fraction of sp³-hybridized carbons (Fsp3) is 0.267. The average molecular weight is 301 g/mol. The van der Waals surface area contributed by atoms with E-state index >= 15 is 0 Å². The number of imidazole rings is 1. The molecule has 3 rings (SSSR count). The highest BCUT2D eigenvalue weighted by Gasteiger charge is 2.15. The molecule has 0 saturated carbocycles. The van der Waals surface area contributed by atoms with Gasteiger partial charge in [-0.2, -0.15) is 0 Å². The third kappa shape index (κ3) is 2.42. The van der Waals surface area contributed by atoms with Gasteiger partial charge in [0.2, 0.25) is 0 Å². The number of aryl methyl sites for hydroxylation is 3. The first-order valence-corrected chi connectivity index (χ1v) is 7.39. The Morgan fingerprint density at radius 3 is 2.67 bits per heavy atom. The van der Waals surface area contributed by atoms with Gasteiger partial charge in [0.25, 0.3) is 0 Å². The molecule has 0 amide bonds. The second-order valence-corrected chi connectivity index (χ2v) is 6.21. The monoisotopic (exact) mass is 301 g/mol. The van der Waals surface area contributed by atoms with Crippen LogP contribution in [0.25, 0.3) is 11.0 Å². The number of aromatic nitrogens is 3. The number of carboxylic acid groups (broad SMARTS) is 1. The van der Waals surface area contributed by atoms with Crippen molar-refractivity contribution in [1.29, 1.82) is 0 Å². The Hall–Kier alpha value is -2.21. The number of benzene rings is 1. The van der Waals surface area contributed by atoms with Crippen molar-refractivity contribution < 1.29 is 9.90 Å². The van der Waals surface area contributed by atoms with Crippen molar-refractivity contribution in [2.24, 2.45) is 0 Å². The first-order valence-electron chi connectivity index (χ1n) is 6.57. The highest BCUT2D eigenvalue weighted by molar-refractivity contribution is 7.13. The second-order valence-electron chi connectivity index (χ2n) is 5.12. The minimum atomic E-state index is -0.918. The zero-order valence-corrected chi connectivity index (χ0v) is 12.9. The molecule has 108 valence electrons. The Morgan fingerprint density at radius 2 is 2.00 bits per heavy atom. The number of thiazole rings is 1. The molecule has 0 saturated heterocycles. The molecule has 0 aliphatic heterocycles. The average Bonchev–Trinajstić information content (AvgIpc) is 2.96. The van der Waals surface area contributed by atoms with Crippen molar-refractivity contribution in [3.63, 3.8) is 0 Å². The summed E-state index contributed by atoms with van der Waals surface area (Å²) in [6.07, 6.45) is 1.78. The lowest BCUT2D eigenvalue weighted by Gasteiger charge is -2.04. The zero-order valence-electron chi connectivity index (χ0n) is 12.0. The van der Waals surface area contributed by atoms with E-state index in [4.69, 9.17) is 5.11 Å². The molecule has 2 aromatic heterocycles. The molecular formula is C15H15N3O2S. The molecule has 1 aromatic carbocycles. The Bertz CT molecular complexity index is 848. The summed E-state index contributed by atoms with van der Waals surface area (Å²) in [7, 11) is 0. The zero-order chi connectivity index (χ0) is 15.1. The van der Waals surface area contributed by atoms with E-state index in [1.54, 1.807) is 13.3 Å². The molecule has 0 fully saturated rings. The van der Waals surface area contributed by atoms with E-state index in [-0.39, 0.29) is 0 Å². The molecule has 0 spiro atoms. The van der Waals surface area contributed by atoms with E-state index in [1.807, 2.05) is 4.57 Å². The van der Waals surface area contributed by atoms with Crippen molar-refractivity contribution >= 4 is 28.3 Å². The normalized spacial score (nSPS) is 11.2. The first-order chi connectivity index (χ1) is 9.95. The van der Waals surface area contributed by atoms with Crippen LogP contribution in [0, 0.1) is 20.8 Å². The van der Waals surface area contributed by atoms with E-state index in [9.17, 15) is 4.79 Å². The summed E-state index contributed by atoms with van der Waals surface area (Å²) in [6, 6.07) is 4.17. The van der Waals surface area contributed by atoms with Crippen LogP contribution in [0.4, 0.5) is 0 Å². The molecule has 6 heteroatoms. The molecule has 1 N–H and O–H groups in total. The van der Waals surface area contributed by atoms with Crippen molar-refractivity contribution in [1.82, 2.24) is 14.5 Å². The standard InChI is InChI=1S/C15H15N3O2S/c1-8-4-11-12(5-9(8)2)18(7-16-11)6-13-17-10(3)14(21-13)15(19)20/h4-5,7H,6H2,1-3H3,(H,19,20). The summed E-state index contributed by atoms with van der Waals surface area (Å²) in [5, 5.41) is 9.88. The number of rotatable bonds is 3. The van der Waals surface area contributed by atoms with Gasteiger partial charge in [0, 0.05) is 0 Å². The van der Waals surface area contributed by atoms with E-state index in [1.165, 1.54) is 22.5 Å². The third-order valence-electron chi connectivity index (χ3n) is 3.58. The van der Waals surface area contributed by atoms with Gasteiger partial charge in [-0.1, -0.05) is 0 Å². The van der Waals surface area contributed by atoms with Gasteiger partial charge in [-0.3, -0.25) is 0 Å². The SMILES string of the molecule is Cc1cc2ncn(Cc3nc(C)c(C(=O)O)s3)c2cc1C. The molecule has 0 radical (unpaired) electrons. The van der Waals surface area contributed by atoms with Gasteiger partial charge in [0.1, 0.15) is 9.88 Å². The van der Waals surface area contributed by atoms with Crippen LogP contribution in [0.15, 0.2) is 18.5 Å². The van der Waals surface area contributed by atoms with Crippen LogP contribution in [0.1, 0.15) is 31.5 Å². The molecule has 0 unspecified atom stereocenters. The summed E-state index contributed by atoms with van der Waals surface area (Å²) in [5.74, 6) is -0.918. The maximum absolute atomic E-state index is 11.1. The van der Waals surface area contributed by atoms with E-state index in [2.05, 4.69) is 35.9 Å². The molecule has 21 heavy (non-hydrogen) atoms. The predicted molar refractivity (Wildman–Crippen MR) is 82.1 cm³/mol. The first kappa shape index (κ1) is 13.8. The van der Waals surface area contributed by atoms with Crippen LogP contribution in [0.2, 0.25) is 0 Å². The maximum Gasteiger partial charge on any atom is 0.347 e. The van der Waals surface area contributed by atoms with Gasteiger partial charge in [0.15, 0.2) is 0 Å². The molecule has 3 aromatic rings. The number of carbonyl (C=O) groups is 1. The van der Waals surface area contributed by atoms with Crippen molar-refractivity contribution in [2.75, 3.05) is 0 Å². The fourth-order valence-electron chi connectivity index (χ4n) is 2.30. The van der Waals surface area contributed by atoms with Crippen molar-refractivity contribution in [3.05, 3.63) is 45.2 Å². The van der Waals surface area contributed by atoms with Gasteiger partial charge in [-0.15, -0.1) is 11.3 Å². The Morgan fingerprint density at radius 1 is 1.29 bits per heavy atom. The number of hydrogen-bond donors (Lipinski definition) is 1. The van der Waals surface area contributed by atoms with Crippen molar-refractivity contribution in [2.45, 2.75) is 27.3 Å². The molecule has 0 atom stereocenters. The number of nitrogens with zero attached hydrogens (tertiary/aromatic N) is 3. The third-order valence-corrected chi connectivity index (χ3v) is 4.71. The van der Waals surface area contributed by atoms with Crippen LogP contribution in [-0.4, -0.2) is 25.6 Å². The minimum Gasteiger partial charge on any atom is -0.477 e. The van der Waals surface area contributed by atoms with Crippen LogP contribution in [0.3, 0.4) is 0 Å². The Balaban J connectivity index is 2.00. The molecular weight excluding hydrogens is 286 g/mol. The summed E-state index contributed by atoms with van der Waals surface area (Å²) in [6.45, 7) is 6.40. The van der Waals surface area contributed by atoms with Gasteiger partial charge in [-0.25, -0.2) is 14.8 Å². The van der Waals surface area contributed by atoms with Crippen LogP contribution in [0.5, 0.6) is 0 Å². The number of carboxylic acids is 1. The predicted octanol–water partition coefficient (Wildman–Crippen LogP) is 3.16. The van der Waals surface area contributed by atoms with E-state index < -0.39 is 5.97 Å².